The van der Waals surface area contributed by atoms with E-state index in [1.165, 1.54) is 29.0 Å². The molecule has 5 nitrogen and oxygen atoms in total. The second-order valence-electron chi connectivity index (χ2n) is 3.66. The van der Waals surface area contributed by atoms with E-state index >= 15 is 0 Å². The lowest BCUT2D eigenvalue weighted by Crippen LogP contribution is -2.12. The highest BCUT2D eigenvalue weighted by Gasteiger charge is 2.17. The Labute approximate surface area is 122 Å². The summed E-state index contributed by atoms with van der Waals surface area (Å²) in [6.45, 7) is 1.96. The maximum absolute atomic E-state index is 11.7. The summed E-state index contributed by atoms with van der Waals surface area (Å²) in [4.78, 5) is 11.7. The Balaban J connectivity index is 2.64. The molecule has 0 atom stereocenters. The van der Waals surface area contributed by atoms with Gasteiger partial charge < -0.3 is 4.74 Å². The van der Waals surface area contributed by atoms with Crippen LogP contribution < -0.4 is 0 Å². The Morgan fingerprint density at radius 2 is 2.16 bits per heavy atom. The molecular weight excluding hydrogens is 358 g/mol. The van der Waals surface area contributed by atoms with Crippen molar-refractivity contribution >= 4 is 52.7 Å². The van der Waals surface area contributed by atoms with E-state index in [1.807, 2.05) is 0 Å². The number of benzene rings is 1. The molecule has 0 unspecified atom stereocenters. The predicted octanol–water partition coefficient (Wildman–Crippen LogP) is 3.34. The summed E-state index contributed by atoms with van der Waals surface area (Å²) in [5, 5.41) is 0.565. The Morgan fingerprint density at radius 1 is 1.47 bits per heavy atom. The Hall–Kier alpha value is -1.05. The van der Waals surface area contributed by atoms with Crippen LogP contribution in [-0.2, 0) is 13.8 Å². The van der Waals surface area contributed by atoms with E-state index in [2.05, 4.69) is 15.9 Å². The highest BCUT2D eigenvalue weighted by Crippen LogP contribution is 2.29. The van der Waals surface area contributed by atoms with Crippen molar-refractivity contribution in [2.75, 3.05) is 6.61 Å². The molecule has 0 amide bonds. The fourth-order valence-electron chi connectivity index (χ4n) is 1.66. The van der Waals surface area contributed by atoms with E-state index < -0.39 is 15.1 Å². The van der Waals surface area contributed by atoms with Gasteiger partial charge in [0.15, 0.2) is 0 Å². The molecule has 0 N–H and O–H groups in total. The van der Waals surface area contributed by atoms with Crippen molar-refractivity contribution in [1.29, 1.82) is 0 Å². The van der Waals surface area contributed by atoms with Crippen molar-refractivity contribution in [2.45, 2.75) is 11.8 Å². The number of halogens is 2. The van der Waals surface area contributed by atoms with Crippen molar-refractivity contribution in [3.63, 3.8) is 0 Å². The van der Waals surface area contributed by atoms with Gasteiger partial charge in [0.05, 0.1) is 17.0 Å². The lowest BCUT2D eigenvalue weighted by atomic mass is 10.2. The summed E-state index contributed by atoms with van der Waals surface area (Å²) in [5.74, 6) is 0. The molecule has 0 saturated heterocycles. The van der Waals surface area contributed by atoms with Gasteiger partial charge in [0.2, 0.25) is 0 Å². The molecule has 1 heterocycles. The normalized spacial score (nSPS) is 11.7. The zero-order valence-electron chi connectivity index (χ0n) is 9.76. The highest BCUT2D eigenvalue weighted by molar-refractivity contribution is 9.10. The van der Waals surface area contributed by atoms with Crippen LogP contribution in [0.4, 0.5) is 4.79 Å². The van der Waals surface area contributed by atoms with E-state index in [1.54, 1.807) is 6.92 Å². The molecular formula is C11H9BrClNO4S. The number of nitrogens with zero attached hydrogens (tertiary/aromatic N) is 1. The molecule has 0 fully saturated rings. The lowest BCUT2D eigenvalue weighted by molar-refractivity contribution is 0.155. The summed E-state index contributed by atoms with van der Waals surface area (Å²) >= 11 is 3.27. The number of hydrogen-bond acceptors (Lipinski definition) is 4. The number of aromatic nitrogens is 1. The Kier molecular flexibility index (Phi) is 3.89. The van der Waals surface area contributed by atoms with E-state index in [9.17, 15) is 13.2 Å². The predicted molar refractivity (Wildman–Crippen MR) is 75.1 cm³/mol. The molecule has 0 aliphatic carbocycles. The van der Waals surface area contributed by atoms with Gasteiger partial charge in [0.25, 0.3) is 9.05 Å². The van der Waals surface area contributed by atoms with Gasteiger partial charge in [-0.1, -0.05) is 0 Å². The zero-order valence-corrected chi connectivity index (χ0v) is 12.9. The summed E-state index contributed by atoms with van der Waals surface area (Å²) in [5.41, 5.74) is 0.536. The first kappa shape index (κ1) is 14.4. The van der Waals surface area contributed by atoms with E-state index in [4.69, 9.17) is 15.4 Å². The zero-order chi connectivity index (χ0) is 14.2. The molecule has 2 rings (SSSR count). The summed E-state index contributed by atoms with van der Waals surface area (Å²) in [7, 11) is 1.48. The second-order valence-corrected chi connectivity index (χ2v) is 7.08. The molecule has 1 aromatic carbocycles. The maximum atomic E-state index is 11.7. The van der Waals surface area contributed by atoms with E-state index in [0.717, 1.165) is 0 Å². The maximum Gasteiger partial charge on any atom is 0.418 e. The fraction of sp³-hybridized carbons (Fsp3) is 0.182. The smallest absolute Gasteiger partial charge is 0.418 e. The lowest BCUT2D eigenvalue weighted by Gasteiger charge is -2.04. The van der Waals surface area contributed by atoms with Crippen LogP contribution in [0, 0.1) is 0 Å². The number of carbonyl (C=O) groups is 1. The largest absolute Gasteiger partial charge is 0.449 e. The molecule has 0 aliphatic rings. The molecule has 8 heteroatoms. The minimum atomic E-state index is -3.81. The van der Waals surface area contributed by atoms with Gasteiger partial charge in [0, 0.05) is 26.7 Å². The first-order chi connectivity index (χ1) is 8.84. The van der Waals surface area contributed by atoms with Crippen LogP contribution in [0.15, 0.2) is 33.8 Å². The van der Waals surface area contributed by atoms with Gasteiger partial charge in [-0.15, -0.1) is 0 Å². The van der Waals surface area contributed by atoms with Gasteiger partial charge in [-0.2, -0.15) is 0 Å². The topological polar surface area (TPSA) is 65.4 Å². The standard InChI is InChI=1S/C11H9BrClNO4S/c1-2-18-11(15)14-6-9(12)8-5-7(19(13,16)17)3-4-10(8)14/h3-6H,2H2,1H3. The second kappa shape index (κ2) is 5.15. The number of carbonyl (C=O) groups excluding carboxylic acids is 1. The highest BCUT2D eigenvalue weighted by atomic mass is 79.9. The molecule has 0 radical (unpaired) electrons. The average molecular weight is 367 g/mol. The SMILES string of the molecule is CCOC(=O)n1cc(Br)c2cc(S(=O)(=O)Cl)ccc21. The van der Waals surface area contributed by atoms with Gasteiger partial charge in [-0.05, 0) is 41.1 Å². The fourth-order valence-corrected chi connectivity index (χ4v) is 2.96. The van der Waals surface area contributed by atoms with Crippen LogP contribution in [0.5, 0.6) is 0 Å². The van der Waals surface area contributed by atoms with Crippen LogP contribution in [-0.4, -0.2) is 25.7 Å². The van der Waals surface area contributed by atoms with Gasteiger partial charge in [0.1, 0.15) is 0 Å². The summed E-state index contributed by atoms with van der Waals surface area (Å²) in [6.07, 6.45) is 0.993. The molecule has 0 bridgehead atoms. The van der Waals surface area contributed by atoms with Crippen LogP contribution in [0.1, 0.15) is 6.92 Å². The molecule has 19 heavy (non-hydrogen) atoms. The van der Waals surface area contributed by atoms with Crippen molar-refractivity contribution < 1.29 is 17.9 Å². The van der Waals surface area contributed by atoms with Crippen LogP contribution in [0.3, 0.4) is 0 Å². The minimum absolute atomic E-state index is 0.0241. The molecule has 0 spiro atoms. The van der Waals surface area contributed by atoms with Crippen molar-refractivity contribution in [3.05, 3.63) is 28.9 Å². The first-order valence-electron chi connectivity index (χ1n) is 5.27. The summed E-state index contributed by atoms with van der Waals surface area (Å²) < 4.78 is 29.4. The van der Waals surface area contributed by atoms with Gasteiger partial charge >= 0.3 is 6.09 Å². The quantitative estimate of drug-likeness (QED) is 0.765. The van der Waals surface area contributed by atoms with Crippen molar-refractivity contribution in [2.24, 2.45) is 0 Å². The van der Waals surface area contributed by atoms with E-state index in [-0.39, 0.29) is 11.5 Å². The molecule has 102 valence electrons. The monoisotopic (exact) mass is 365 g/mol. The number of ether oxygens (including phenoxy) is 1. The van der Waals surface area contributed by atoms with Crippen LogP contribution in [0.2, 0.25) is 0 Å². The third-order valence-corrected chi connectivity index (χ3v) is 4.46. The Bertz CT molecular complexity index is 753. The number of hydrogen-bond donors (Lipinski definition) is 0. The summed E-state index contributed by atoms with van der Waals surface area (Å²) in [6, 6.07) is 4.25. The molecule has 0 saturated carbocycles. The molecule has 0 aliphatic heterocycles. The van der Waals surface area contributed by atoms with Crippen LogP contribution in [0.25, 0.3) is 10.9 Å². The van der Waals surface area contributed by atoms with Gasteiger partial charge in [-0.3, -0.25) is 4.57 Å². The first-order valence-corrected chi connectivity index (χ1v) is 8.37. The number of fused-ring (bicyclic) bond motifs is 1. The minimum Gasteiger partial charge on any atom is -0.449 e. The number of rotatable bonds is 2. The molecule has 1 aromatic heterocycles. The van der Waals surface area contributed by atoms with E-state index in [0.29, 0.717) is 15.4 Å². The third kappa shape index (κ3) is 2.77. The molecule has 2 aromatic rings. The van der Waals surface area contributed by atoms with Crippen LogP contribution >= 0.6 is 26.6 Å². The Morgan fingerprint density at radius 3 is 2.74 bits per heavy atom. The van der Waals surface area contributed by atoms with Crippen molar-refractivity contribution in [1.82, 2.24) is 4.57 Å². The van der Waals surface area contributed by atoms with Crippen molar-refractivity contribution in [3.8, 4) is 0 Å². The average Bonchev–Trinajstić information content (AvgIpc) is 2.66. The van der Waals surface area contributed by atoms with Gasteiger partial charge in [-0.25, -0.2) is 13.2 Å². The third-order valence-electron chi connectivity index (χ3n) is 2.47.